The van der Waals surface area contributed by atoms with Gasteiger partial charge in [0, 0.05) is 10.7 Å². The number of hydrogen-bond donors (Lipinski definition) is 2. The Kier molecular flexibility index (Phi) is 4.78. The fourth-order valence-corrected chi connectivity index (χ4v) is 3.15. The van der Waals surface area contributed by atoms with Gasteiger partial charge in [-0.1, -0.05) is 30.3 Å². The Bertz CT molecular complexity index is 820. The SMILES string of the molecule is CC[C@H](Sc1ncnc2nc[nH]c12)C(=O)Nc1ccc(Cl)cc1. The molecule has 0 spiro atoms. The molecule has 0 aliphatic rings. The number of hydrogen-bond acceptors (Lipinski definition) is 5. The lowest BCUT2D eigenvalue weighted by molar-refractivity contribution is -0.115. The molecule has 3 rings (SSSR count). The number of amides is 1. The van der Waals surface area contributed by atoms with Crippen molar-refractivity contribution in [3.05, 3.63) is 41.9 Å². The normalized spacial score (nSPS) is 12.3. The van der Waals surface area contributed by atoms with Crippen LogP contribution in [0.15, 0.2) is 41.9 Å². The van der Waals surface area contributed by atoms with Gasteiger partial charge in [0.15, 0.2) is 5.65 Å². The third-order valence-electron chi connectivity index (χ3n) is 3.22. The molecule has 0 radical (unpaired) electrons. The molecule has 1 atom stereocenters. The van der Waals surface area contributed by atoms with Crippen molar-refractivity contribution in [3.63, 3.8) is 0 Å². The molecule has 0 saturated carbocycles. The number of rotatable bonds is 5. The molecule has 118 valence electrons. The highest BCUT2D eigenvalue weighted by Gasteiger charge is 2.20. The molecule has 1 aromatic carbocycles. The van der Waals surface area contributed by atoms with Gasteiger partial charge in [-0.3, -0.25) is 4.79 Å². The van der Waals surface area contributed by atoms with Crippen molar-refractivity contribution >= 4 is 46.1 Å². The molecule has 8 heteroatoms. The number of nitrogens with zero attached hydrogens (tertiary/aromatic N) is 3. The van der Waals surface area contributed by atoms with Gasteiger partial charge in [-0.2, -0.15) is 0 Å². The monoisotopic (exact) mass is 347 g/mol. The highest BCUT2D eigenvalue weighted by atomic mass is 35.5. The molecule has 1 amide bonds. The molecule has 2 aromatic heterocycles. The maximum absolute atomic E-state index is 12.5. The maximum Gasteiger partial charge on any atom is 0.237 e. The van der Waals surface area contributed by atoms with Gasteiger partial charge in [0.2, 0.25) is 5.91 Å². The second-order valence-corrected chi connectivity index (χ2v) is 6.42. The number of carbonyl (C=O) groups excluding carboxylic acids is 1. The van der Waals surface area contributed by atoms with E-state index in [4.69, 9.17) is 11.6 Å². The number of imidazole rings is 1. The van der Waals surface area contributed by atoms with Gasteiger partial charge >= 0.3 is 0 Å². The third kappa shape index (κ3) is 3.62. The van der Waals surface area contributed by atoms with Crippen molar-refractivity contribution in [2.24, 2.45) is 0 Å². The number of aromatic nitrogens is 4. The van der Waals surface area contributed by atoms with Gasteiger partial charge in [0.1, 0.15) is 16.9 Å². The summed E-state index contributed by atoms with van der Waals surface area (Å²) in [5.41, 5.74) is 2.05. The second kappa shape index (κ2) is 6.97. The highest BCUT2D eigenvalue weighted by Crippen LogP contribution is 2.28. The summed E-state index contributed by atoms with van der Waals surface area (Å²) in [4.78, 5) is 27.9. The van der Waals surface area contributed by atoms with Gasteiger partial charge in [-0.25, -0.2) is 15.0 Å². The first kappa shape index (κ1) is 15.8. The van der Waals surface area contributed by atoms with Crippen LogP contribution in [0.25, 0.3) is 11.2 Å². The van der Waals surface area contributed by atoms with E-state index >= 15 is 0 Å². The van der Waals surface area contributed by atoms with Crippen LogP contribution in [0.5, 0.6) is 0 Å². The number of benzene rings is 1. The van der Waals surface area contributed by atoms with Crippen molar-refractivity contribution in [3.8, 4) is 0 Å². The number of anilines is 1. The fourth-order valence-electron chi connectivity index (χ4n) is 2.05. The summed E-state index contributed by atoms with van der Waals surface area (Å²) in [6.45, 7) is 1.96. The van der Waals surface area contributed by atoms with Crippen molar-refractivity contribution in [2.45, 2.75) is 23.6 Å². The smallest absolute Gasteiger partial charge is 0.237 e. The van der Waals surface area contributed by atoms with E-state index in [1.165, 1.54) is 18.1 Å². The number of aromatic amines is 1. The minimum atomic E-state index is -0.271. The van der Waals surface area contributed by atoms with Gasteiger partial charge in [0.25, 0.3) is 0 Å². The molecule has 2 N–H and O–H groups in total. The number of fused-ring (bicyclic) bond motifs is 1. The van der Waals surface area contributed by atoms with E-state index in [9.17, 15) is 4.79 Å². The zero-order chi connectivity index (χ0) is 16.2. The molecule has 0 aliphatic carbocycles. The molecule has 0 aliphatic heterocycles. The van der Waals surface area contributed by atoms with Crippen LogP contribution in [0.4, 0.5) is 5.69 Å². The average molecular weight is 348 g/mol. The van der Waals surface area contributed by atoms with Crippen LogP contribution in [-0.2, 0) is 4.79 Å². The Balaban J connectivity index is 1.75. The van der Waals surface area contributed by atoms with Crippen LogP contribution in [0.1, 0.15) is 13.3 Å². The maximum atomic E-state index is 12.5. The highest BCUT2D eigenvalue weighted by molar-refractivity contribution is 8.00. The average Bonchev–Trinajstić information content (AvgIpc) is 3.04. The van der Waals surface area contributed by atoms with E-state index in [1.54, 1.807) is 30.6 Å². The molecule has 3 aromatic rings. The van der Waals surface area contributed by atoms with Crippen molar-refractivity contribution < 1.29 is 4.79 Å². The summed E-state index contributed by atoms with van der Waals surface area (Å²) in [6.07, 6.45) is 3.69. The lowest BCUT2D eigenvalue weighted by atomic mass is 10.3. The molecule has 0 saturated heterocycles. The van der Waals surface area contributed by atoms with Crippen molar-refractivity contribution in [1.82, 2.24) is 19.9 Å². The minimum absolute atomic E-state index is 0.0777. The number of carbonyl (C=O) groups is 1. The first-order valence-electron chi connectivity index (χ1n) is 7.04. The molecule has 23 heavy (non-hydrogen) atoms. The molecule has 0 unspecified atom stereocenters. The quantitative estimate of drug-likeness (QED) is 0.545. The molecule has 6 nitrogen and oxygen atoms in total. The molecular formula is C15H14ClN5OS. The van der Waals surface area contributed by atoms with Crippen LogP contribution < -0.4 is 5.32 Å². The zero-order valence-electron chi connectivity index (χ0n) is 12.3. The summed E-state index contributed by atoms with van der Waals surface area (Å²) in [5.74, 6) is -0.0777. The number of H-pyrrole nitrogens is 1. The Hall–Kier alpha value is -2.12. The van der Waals surface area contributed by atoms with Crippen LogP contribution in [-0.4, -0.2) is 31.1 Å². The molecule has 0 bridgehead atoms. The van der Waals surface area contributed by atoms with Crippen LogP contribution in [0.3, 0.4) is 0 Å². The van der Waals surface area contributed by atoms with Gasteiger partial charge in [-0.15, -0.1) is 0 Å². The van der Waals surface area contributed by atoms with E-state index < -0.39 is 0 Å². The number of thioether (sulfide) groups is 1. The Morgan fingerprint density at radius 1 is 1.30 bits per heavy atom. The third-order valence-corrected chi connectivity index (χ3v) is 4.83. The topological polar surface area (TPSA) is 83.6 Å². The van der Waals surface area contributed by atoms with E-state index in [-0.39, 0.29) is 11.2 Å². The van der Waals surface area contributed by atoms with E-state index in [0.29, 0.717) is 27.8 Å². The lowest BCUT2D eigenvalue weighted by Gasteiger charge is -2.14. The molecule has 0 fully saturated rings. The predicted octanol–water partition coefficient (Wildman–Crippen LogP) is 3.52. The van der Waals surface area contributed by atoms with Crippen molar-refractivity contribution in [1.29, 1.82) is 0 Å². The largest absolute Gasteiger partial charge is 0.341 e. The van der Waals surface area contributed by atoms with Gasteiger partial charge in [0.05, 0.1) is 11.6 Å². The van der Waals surface area contributed by atoms with Crippen LogP contribution >= 0.6 is 23.4 Å². The van der Waals surface area contributed by atoms with Crippen molar-refractivity contribution in [2.75, 3.05) is 5.32 Å². The second-order valence-electron chi connectivity index (χ2n) is 4.79. The Labute approximate surface area is 142 Å². The summed E-state index contributed by atoms with van der Waals surface area (Å²) < 4.78 is 0. The summed E-state index contributed by atoms with van der Waals surface area (Å²) in [5, 5.41) is 3.97. The number of halogens is 1. The van der Waals surface area contributed by atoms with Crippen LogP contribution in [0.2, 0.25) is 5.02 Å². The van der Waals surface area contributed by atoms with E-state index in [1.807, 2.05) is 6.92 Å². The minimum Gasteiger partial charge on any atom is -0.341 e. The van der Waals surface area contributed by atoms with Crippen LogP contribution in [0, 0.1) is 0 Å². The van der Waals surface area contributed by atoms with Gasteiger partial charge < -0.3 is 10.3 Å². The lowest BCUT2D eigenvalue weighted by Crippen LogP contribution is -2.24. The molecular weight excluding hydrogens is 334 g/mol. The standard InChI is InChI=1S/C15H14ClN5OS/c1-2-11(14(22)21-10-5-3-9(16)4-6-10)23-15-12-13(18-7-17-12)19-8-20-15/h3-8,11H,2H2,1H3,(H,21,22)(H,17,18,19,20)/t11-/m0/s1. The fraction of sp³-hybridized carbons (Fsp3) is 0.200. The number of nitrogens with one attached hydrogen (secondary N) is 2. The predicted molar refractivity (Wildman–Crippen MR) is 91.7 cm³/mol. The first-order chi connectivity index (χ1) is 11.2. The summed E-state index contributed by atoms with van der Waals surface area (Å²) >= 11 is 7.24. The first-order valence-corrected chi connectivity index (χ1v) is 8.30. The molecule has 2 heterocycles. The Morgan fingerprint density at radius 3 is 2.83 bits per heavy atom. The zero-order valence-corrected chi connectivity index (χ0v) is 13.9. The van der Waals surface area contributed by atoms with E-state index in [0.717, 1.165) is 5.52 Å². The summed E-state index contributed by atoms with van der Waals surface area (Å²) in [7, 11) is 0. The van der Waals surface area contributed by atoms with E-state index in [2.05, 4.69) is 25.3 Å². The Morgan fingerprint density at radius 2 is 2.09 bits per heavy atom. The summed E-state index contributed by atoms with van der Waals surface area (Å²) in [6, 6.07) is 7.03. The van der Waals surface area contributed by atoms with Gasteiger partial charge in [-0.05, 0) is 30.7 Å².